The molecule has 0 N–H and O–H groups in total. The normalized spacial score (nSPS) is 9.93. The van der Waals surface area contributed by atoms with Gasteiger partial charge in [-0.25, -0.2) is 4.98 Å². The molecule has 2 heteroatoms. The molecule has 0 saturated heterocycles. The first-order valence-electron chi connectivity index (χ1n) is 4.96. The summed E-state index contributed by atoms with van der Waals surface area (Å²) in [4.78, 5) is 4.38. The van der Waals surface area contributed by atoms with Gasteiger partial charge in [0.2, 0.25) is 5.88 Å². The molecular weight excluding hydrogens is 186 g/mol. The minimum Gasteiger partial charge on any atom is -0.478 e. The summed E-state index contributed by atoms with van der Waals surface area (Å²) in [5.41, 5.74) is 1.97. The first kappa shape index (κ1) is 9.71. The molecule has 75 valence electrons. The predicted octanol–water partition coefficient (Wildman–Crippen LogP) is 2.95. The van der Waals surface area contributed by atoms with Gasteiger partial charge in [0.1, 0.15) is 0 Å². The Hall–Kier alpha value is -1.83. The Morgan fingerprint density at radius 2 is 2.00 bits per heavy atom. The van der Waals surface area contributed by atoms with Crippen LogP contribution >= 0.6 is 0 Å². The molecule has 0 fully saturated rings. The van der Waals surface area contributed by atoms with E-state index in [0.29, 0.717) is 12.5 Å². The number of rotatable bonds is 3. The van der Waals surface area contributed by atoms with E-state index in [1.54, 1.807) is 6.07 Å². The predicted molar refractivity (Wildman–Crippen MR) is 59.7 cm³/mol. The standard InChI is InChI=1S/C13H12NO/c1-2-15-13-10-6-9-12(14-13)11-7-4-3-5-8-11/h3-5,7-10H,2H2,1H3. The maximum atomic E-state index is 5.33. The van der Waals surface area contributed by atoms with Crippen LogP contribution in [0.4, 0.5) is 0 Å². The fourth-order valence-electron chi connectivity index (χ4n) is 1.35. The summed E-state index contributed by atoms with van der Waals surface area (Å²) >= 11 is 0. The van der Waals surface area contributed by atoms with Crippen LogP contribution < -0.4 is 4.74 Å². The van der Waals surface area contributed by atoms with E-state index in [-0.39, 0.29) is 0 Å². The highest BCUT2D eigenvalue weighted by molar-refractivity contribution is 5.58. The van der Waals surface area contributed by atoms with Gasteiger partial charge in [-0.3, -0.25) is 0 Å². The summed E-state index contributed by atoms with van der Waals surface area (Å²) in [5.74, 6) is 0.624. The van der Waals surface area contributed by atoms with Crippen LogP contribution in [0.2, 0.25) is 0 Å². The van der Waals surface area contributed by atoms with E-state index in [2.05, 4.69) is 11.1 Å². The zero-order valence-electron chi connectivity index (χ0n) is 8.60. The second-order valence-electron chi connectivity index (χ2n) is 3.09. The molecule has 0 aliphatic rings. The van der Waals surface area contributed by atoms with Crippen LogP contribution in [0.5, 0.6) is 5.88 Å². The van der Waals surface area contributed by atoms with Gasteiger partial charge in [0.25, 0.3) is 0 Å². The van der Waals surface area contributed by atoms with E-state index in [1.165, 1.54) is 0 Å². The molecule has 1 radical (unpaired) electrons. The van der Waals surface area contributed by atoms with Gasteiger partial charge in [-0.05, 0) is 19.1 Å². The van der Waals surface area contributed by atoms with Gasteiger partial charge in [-0.1, -0.05) is 30.3 Å². The monoisotopic (exact) mass is 198 g/mol. The zero-order chi connectivity index (χ0) is 10.5. The van der Waals surface area contributed by atoms with Crippen molar-refractivity contribution in [3.05, 3.63) is 48.5 Å². The second kappa shape index (κ2) is 4.60. The molecule has 0 bridgehead atoms. The van der Waals surface area contributed by atoms with Crippen LogP contribution in [0, 0.1) is 6.07 Å². The summed E-state index contributed by atoms with van der Waals surface area (Å²) in [6.45, 7) is 2.57. The Morgan fingerprint density at radius 3 is 2.73 bits per heavy atom. The SMILES string of the molecule is CCOc1c[c]cc(-c2ccccc2)n1. The van der Waals surface area contributed by atoms with Gasteiger partial charge >= 0.3 is 0 Å². The number of aromatic nitrogens is 1. The lowest BCUT2D eigenvalue weighted by Gasteiger charge is -2.04. The molecule has 0 spiro atoms. The van der Waals surface area contributed by atoms with Crippen molar-refractivity contribution < 1.29 is 4.74 Å². The summed E-state index contributed by atoms with van der Waals surface area (Å²) in [6.07, 6.45) is 0. The Labute approximate surface area is 89.6 Å². The number of hydrogen-bond acceptors (Lipinski definition) is 2. The van der Waals surface area contributed by atoms with E-state index in [4.69, 9.17) is 4.74 Å². The summed E-state index contributed by atoms with van der Waals surface area (Å²) in [7, 11) is 0. The van der Waals surface area contributed by atoms with Crippen molar-refractivity contribution in [3.63, 3.8) is 0 Å². The quantitative estimate of drug-likeness (QED) is 0.756. The Bertz CT molecular complexity index is 426. The minimum absolute atomic E-state index is 0.624. The zero-order valence-corrected chi connectivity index (χ0v) is 8.60. The van der Waals surface area contributed by atoms with Gasteiger partial charge in [-0.2, -0.15) is 0 Å². The summed E-state index contributed by atoms with van der Waals surface area (Å²) in [6, 6.07) is 16.6. The van der Waals surface area contributed by atoms with Crippen LogP contribution in [0.15, 0.2) is 42.5 Å². The van der Waals surface area contributed by atoms with Crippen molar-refractivity contribution in [2.24, 2.45) is 0 Å². The van der Waals surface area contributed by atoms with Crippen molar-refractivity contribution in [1.82, 2.24) is 4.98 Å². The largest absolute Gasteiger partial charge is 0.478 e. The maximum absolute atomic E-state index is 5.33. The molecule has 0 aliphatic heterocycles. The van der Waals surface area contributed by atoms with Crippen molar-refractivity contribution in [2.75, 3.05) is 6.61 Å². The highest BCUT2D eigenvalue weighted by Crippen LogP contribution is 2.18. The molecule has 2 nitrogen and oxygen atoms in total. The van der Waals surface area contributed by atoms with E-state index in [0.717, 1.165) is 11.3 Å². The topological polar surface area (TPSA) is 22.1 Å². The third kappa shape index (κ3) is 2.34. The highest BCUT2D eigenvalue weighted by atomic mass is 16.5. The smallest absolute Gasteiger partial charge is 0.214 e. The van der Waals surface area contributed by atoms with Gasteiger partial charge in [0.05, 0.1) is 12.3 Å². The third-order valence-corrected chi connectivity index (χ3v) is 2.02. The van der Waals surface area contributed by atoms with Gasteiger partial charge < -0.3 is 4.74 Å². The Kier molecular flexibility index (Phi) is 2.98. The second-order valence-corrected chi connectivity index (χ2v) is 3.09. The molecule has 0 saturated carbocycles. The molecule has 0 unspecified atom stereocenters. The fraction of sp³-hybridized carbons (Fsp3) is 0.154. The number of nitrogens with zero attached hydrogens (tertiary/aromatic N) is 1. The van der Waals surface area contributed by atoms with Crippen LogP contribution in [0.3, 0.4) is 0 Å². The minimum atomic E-state index is 0.624. The Balaban J connectivity index is 2.33. The maximum Gasteiger partial charge on any atom is 0.214 e. The van der Waals surface area contributed by atoms with Crippen molar-refractivity contribution >= 4 is 0 Å². The number of pyridine rings is 1. The van der Waals surface area contributed by atoms with Crippen molar-refractivity contribution in [1.29, 1.82) is 0 Å². The van der Waals surface area contributed by atoms with Gasteiger partial charge in [0.15, 0.2) is 0 Å². The molecule has 0 atom stereocenters. The highest BCUT2D eigenvalue weighted by Gasteiger charge is 2.00. The number of ether oxygens (including phenoxy) is 1. The third-order valence-electron chi connectivity index (χ3n) is 2.02. The van der Waals surface area contributed by atoms with Crippen LogP contribution in [0.1, 0.15) is 6.92 Å². The molecule has 1 aromatic carbocycles. The first-order chi connectivity index (χ1) is 7.40. The van der Waals surface area contributed by atoms with Crippen LogP contribution in [-0.4, -0.2) is 11.6 Å². The van der Waals surface area contributed by atoms with Crippen LogP contribution in [-0.2, 0) is 0 Å². The molecule has 15 heavy (non-hydrogen) atoms. The average Bonchev–Trinajstić information content (AvgIpc) is 2.31. The number of benzene rings is 1. The summed E-state index contributed by atoms with van der Waals surface area (Å²) in [5, 5.41) is 0. The molecule has 2 rings (SSSR count). The van der Waals surface area contributed by atoms with E-state index in [9.17, 15) is 0 Å². The Morgan fingerprint density at radius 1 is 1.20 bits per heavy atom. The van der Waals surface area contributed by atoms with Gasteiger partial charge in [-0.15, -0.1) is 0 Å². The van der Waals surface area contributed by atoms with E-state index in [1.807, 2.05) is 43.3 Å². The summed E-state index contributed by atoms with van der Waals surface area (Å²) < 4.78 is 5.33. The molecule has 1 aromatic heterocycles. The van der Waals surface area contributed by atoms with Gasteiger partial charge in [0, 0.05) is 11.6 Å². The van der Waals surface area contributed by atoms with Crippen molar-refractivity contribution in [2.45, 2.75) is 6.92 Å². The lowest BCUT2D eigenvalue weighted by Crippen LogP contribution is -1.94. The molecular formula is C13H12NO. The van der Waals surface area contributed by atoms with E-state index < -0.39 is 0 Å². The molecule has 2 aromatic rings. The number of hydrogen-bond donors (Lipinski definition) is 0. The van der Waals surface area contributed by atoms with Crippen molar-refractivity contribution in [3.8, 4) is 17.1 Å². The van der Waals surface area contributed by atoms with Crippen LogP contribution in [0.25, 0.3) is 11.3 Å². The lowest BCUT2D eigenvalue weighted by atomic mass is 10.1. The molecule has 1 heterocycles. The van der Waals surface area contributed by atoms with E-state index >= 15 is 0 Å². The fourth-order valence-corrected chi connectivity index (χ4v) is 1.35. The molecule has 0 amide bonds. The molecule has 0 aliphatic carbocycles. The first-order valence-corrected chi connectivity index (χ1v) is 4.96. The lowest BCUT2D eigenvalue weighted by molar-refractivity contribution is 0.327. The average molecular weight is 198 g/mol.